The number of alkyl halides is 5. The van der Waals surface area contributed by atoms with E-state index in [1.807, 2.05) is 0 Å². The summed E-state index contributed by atoms with van der Waals surface area (Å²) in [5.41, 5.74) is -3.92. The van der Waals surface area contributed by atoms with Gasteiger partial charge in [0.2, 0.25) is 5.91 Å². The lowest BCUT2D eigenvalue weighted by atomic mass is 10.0. The van der Waals surface area contributed by atoms with Crippen molar-refractivity contribution in [2.45, 2.75) is 62.9 Å². The van der Waals surface area contributed by atoms with Crippen LogP contribution in [0.1, 0.15) is 66.1 Å². The molecule has 0 spiro atoms. The van der Waals surface area contributed by atoms with Gasteiger partial charge in [0.05, 0.1) is 11.7 Å². The molecule has 0 radical (unpaired) electrons. The molecule has 3 unspecified atom stereocenters. The lowest BCUT2D eigenvalue weighted by Gasteiger charge is -2.21. The molecule has 42 heavy (non-hydrogen) atoms. The molecule has 3 atom stereocenters. The first kappa shape index (κ1) is 30.0. The summed E-state index contributed by atoms with van der Waals surface area (Å²) in [6.07, 6.45) is -5.33. The molecular weight excluding hydrogens is 637 g/mol. The Labute approximate surface area is 243 Å². The van der Waals surface area contributed by atoms with Crippen LogP contribution in [0, 0.1) is 29.4 Å². The van der Waals surface area contributed by atoms with Crippen LogP contribution >= 0.6 is 15.9 Å². The number of nitrogens with one attached hydrogen (secondary N) is 1. The number of carbonyl (C=O) groups excluding carboxylic acids is 1. The molecule has 1 amide bonds. The van der Waals surface area contributed by atoms with Crippen molar-refractivity contribution in [2.75, 3.05) is 0 Å². The van der Waals surface area contributed by atoms with E-state index in [2.05, 4.69) is 43.2 Å². The smallest absolute Gasteiger partial charge is 0.378 e. The fraction of sp³-hybridized carbons (Fsp3) is 0.393. The Balaban J connectivity index is 1.49. The average molecular weight is 659 g/mol. The van der Waals surface area contributed by atoms with E-state index in [4.69, 9.17) is 0 Å². The van der Waals surface area contributed by atoms with Gasteiger partial charge >= 0.3 is 6.18 Å². The summed E-state index contributed by atoms with van der Waals surface area (Å²) in [4.78, 5) is 17.6. The molecule has 2 aromatic heterocycles. The van der Waals surface area contributed by atoms with E-state index in [0.29, 0.717) is 15.2 Å². The number of pyridine rings is 1. The minimum Gasteiger partial charge on any atom is -0.378 e. The number of nitrogens with zero attached hydrogens (tertiary/aromatic N) is 3. The number of carbonyl (C=O) groups is 1. The fourth-order valence-corrected chi connectivity index (χ4v) is 5.64. The monoisotopic (exact) mass is 658 g/mol. The van der Waals surface area contributed by atoms with Gasteiger partial charge in [0.1, 0.15) is 35.2 Å². The fourth-order valence-electron chi connectivity index (χ4n) is 5.14. The number of hydrogen-bond acceptors (Lipinski definition) is 4. The lowest BCUT2D eigenvalue weighted by Crippen LogP contribution is -2.35. The molecule has 1 fully saturated rings. The zero-order chi connectivity index (χ0) is 30.8. The second-order valence-corrected chi connectivity index (χ2v) is 11.7. The van der Waals surface area contributed by atoms with Crippen LogP contribution in [-0.4, -0.2) is 31.4 Å². The largest absolute Gasteiger partial charge is 0.435 e. The molecule has 0 saturated heterocycles. The summed E-state index contributed by atoms with van der Waals surface area (Å²) in [7, 11) is 0. The molecule has 1 aromatic carbocycles. The minimum atomic E-state index is -5.00. The first-order valence-electron chi connectivity index (χ1n) is 12.7. The molecule has 6 nitrogen and oxygen atoms in total. The molecule has 3 aromatic rings. The van der Waals surface area contributed by atoms with Crippen LogP contribution in [0.15, 0.2) is 34.8 Å². The normalized spacial score (nSPS) is 19.4. The minimum absolute atomic E-state index is 0.0976. The van der Waals surface area contributed by atoms with Crippen molar-refractivity contribution in [1.82, 2.24) is 20.1 Å². The summed E-state index contributed by atoms with van der Waals surface area (Å²) in [6, 6.07) is 4.60. The Hall–Kier alpha value is -3.44. The molecule has 0 aliphatic heterocycles. The van der Waals surface area contributed by atoms with Crippen molar-refractivity contribution < 1.29 is 40.6 Å². The molecule has 2 aliphatic rings. The first-order chi connectivity index (χ1) is 19.4. The van der Waals surface area contributed by atoms with E-state index in [-0.39, 0.29) is 29.8 Å². The van der Waals surface area contributed by atoms with Gasteiger partial charge in [-0.05, 0) is 84.3 Å². The number of benzene rings is 1. The van der Waals surface area contributed by atoms with E-state index in [0.717, 1.165) is 12.1 Å². The molecule has 5 rings (SSSR count). The zero-order valence-corrected chi connectivity index (χ0v) is 23.5. The van der Waals surface area contributed by atoms with Gasteiger partial charge in [0.15, 0.2) is 5.69 Å². The molecule has 1 saturated carbocycles. The van der Waals surface area contributed by atoms with E-state index in [1.54, 1.807) is 0 Å². The Morgan fingerprint density at radius 2 is 1.88 bits per heavy atom. The van der Waals surface area contributed by atoms with Crippen LogP contribution < -0.4 is 5.32 Å². The van der Waals surface area contributed by atoms with E-state index in [1.165, 1.54) is 26.0 Å². The number of halogens is 8. The number of fused-ring (bicyclic) bond motifs is 3. The topological polar surface area (TPSA) is 80.0 Å². The SMILES string of the molecule is CC(C)(O)C#Cc1ccc(Br)c(C(Cc2cc(F)cc(F)c2)NC(=O)Cn2nc(C(F)(F)F)c3c2C(F)(F)C2CC32)n1. The Morgan fingerprint density at radius 1 is 1.21 bits per heavy atom. The second-order valence-electron chi connectivity index (χ2n) is 10.8. The predicted octanol–water partition coefficient (Wildman–Crippen LogP) is 5.77. The summed E-state index contributed by atoms with van der Waals surface area (Å²) < 4.78 is 99.5. The maximum Gasteiger partial charge on any atom is 0.435 e. The van der Waals surface area contributed by atoms with Crippen LogP contribution in [0.3, 0.4) is 0 Å². The van der Waals surface area contributed by atoms with Crippen LogP contribution in [-0.2, 0) is 29.9 Å². The summed E-state index contributed by atoms with van der Waals surface area (Å²) >= 11 is 3.31. The van der Waals surface area contributed by atoms with Gasteiger partial charge < -0.3 is 10.4 Å². The quantitative estimate of drug-likeness (QED) is 0.260. The Morgan fingerprint density at radius 3 is 2.50 bits per heavy atom. The second kappa shape index (κ2) is 10.4. The maximum atomic E-state index is 15.0. The van der Waals surface area contributed by atoms with Crippen LogP contribution in [0.4, 0.5) is 30.7 Å². The van der Waals surface area contributed by atoms with Gasteiger partial charge in [0, 0.05) is 22.0 Å². The lowest BCUT2D eigenvalue weighted by molar-refractivity contribution is -0.142. The van der Waals surface area contributed by atoms with E-state index >= 15 is 0 Å². The van der Waals surface area contributed by atoms with Crippen molar-refractivity contribution >= 4 is 21.8 Å². The van der Waals surface area contributed by atoms with Crippen molar-refractivity contribution in [3.8, 4) is 11.8 Å². The molecule has 14 heteroatoms. The van der Waals surface area contributed by atoms with Crippen molar-refractivity contribution in [3.63, 3.8) is 0 Å². The molecule has 2 aliphatic carbocycles. The van der Waals surface area contributed by atoms with Gasteiger partial charge in [-0.3, -0.25) is 9.48 Å². The zero-order valence-electron chi connectivity index (χ0n) is 22.0. The van der Waals surface area contributed by atoms with Crippen LogP contribution in [0.5, 0.6) is 0 Å². The molecular formula is C28H22BrF7N4O2. The van der Waals surface area contributed by atoms with E-state index in [9.17, 15) is 40.6 Å². The first-order valence-corrected chi connectivity index (χ1v) is 13.5. The third kappa shape index (κ3) is 6.03. The number of rotatable bonds is 6. The van der Waals surface area contributed by atoms with Crippen molar-refractivity contribution in [3.05, 3.63) is 80.3 Å². The van der Waals surface area contributed by atoms with Crippen LogP contribution in [0.2, 0.25) is 0 Å². The number of aliphatic hydroxyl groups is 1. The molecule has 2 heterocycles. The maximum absolute atomic E-state index is 15.0. The number of aromatic nitrogens is 3. The molecule has 0 bridgehead atoms. The summed E-state index contributed by atoms with van der Waals surface area (Å²) in [5.74, 6) is -3.36. The van der Waals surface area contributed by atoms with E-state index < -0.39 is 76.6 Å². The van der Waals surface area contributed by atoms with Gasteiger partial charge in [-0.25, -0.2) is 13.8 Å². The third-order valence-corrected chi connectivity index (χ3v) is 7.56. The van der Waals surface area contributed by atoms with Crippen molar-refractivity contribution in [1.29, 1.82) is 0 Å². The highest BCUT2D eigenvalue weighted by Gasteiger charge is 2.68. The van der Waals surface area contributed by atoms with Gasteiger partial charge in [-0.1, -0.05) is 5.92 Å². The standard InChI is InChI=1S/C28H22BrF7N4O2/c1-26(2,42)6-5-16-3-4-19(29)23(37-16)20(9-13-7-14(30)10-15(31)8-13)38-21(41)12-40-25-22(24(39-40)28(34,35)36)17-11-18(17)27(25,32)33/h3-4,7-8,10,17-18,20,42H,9,11-12H2,1-2H3,(H,38,41). The Kier molecular flexibility index (Phi) is 7.42. The van der Waals surface area contributed by atoms with Crippen LogP contribution in [0.25, 0.3) is 0 Å². The van der Waals surface area contributed by atoms with Gasteiger partial charge in [-0.15, -0.1) is 0 Å². The molecule has 222 valence electrons. The highest BCUT2D eigenvalue weighted by molar-refractivity contribution is 9.10. The summed E-state index contributed by atoms with van der Waals surface area (Å²) in [5, 5.41) is 15.8. The van der Waals surface area contributed by atoms with Gasteiger partial charge in [0.25, 0.3) is 5.92 Å². The Bertz CT molecular complexity index is 1620. The predicted molar refractivity (Wildman–Crippen MR) is 138 cm³/mol. The van der Waals surface area contributed by atoms with Crippen molar-refractivity contribution in [2.24, 2.45) is 5.92 Å². The number of amides is 1. The molecule has 2 N–H and O–H groups in total. The summed E-state index contributed by atoms with van der Waals surface area (Å²) in [6.45, 7) is 1.92. The third-order valence-electron chi connectivity index (χ3n) is 6.89. The number of hydrogen-bond donors (Lipinski definition) is 2. The highest BCUT2D eigenvalue weighted by atomic mass is 79.9. The average Bonchev–Trinajstić information content (AvgIpc) is 3.50. The van der Waals surface area contributed by atoms with Gasteiger partial charge in [-0.2, -0.15) is 27.1 Å². The highest BCUT2D eigenvalue weighted by Crippen LogP contribution is 2.68.